The second-order valence-electron chi connectivity index (χ2n) is 5.29. The van der Waals surface area contributed by atoms with E-state index in [1.54, 1.807) is 13.0 Å². The lowest BCUT2D eigenvalue weighted by atomic mass is 10.1. The van der Waals surface area contributed by atoms with Crippen LogP contribution in [-0.2, 0) is 0 Å². The largest absolute Gasteiger partial charge is 0.491 e. The van der Waals surface area contributed by atoms with Gasteiger partial charge in [-0.3, -0.25) is 4.57 Å². The Labute approximate surface area is 121 Å². The van der Waals surface area contributed by atoms with Crippen molar-refractivity contribution in [3.8, 4) is 5.75 Å². The molecule has 1 aliphatic heterocycles. The van der Waals surface area contributed by atoms with Crippen LogP contribution >= 0.6 is 0 Å². The van der Waals surface area contributed by atoms with E-state index in [0.29, 0.717) is 23.6 Å². The number of ether oxygens (including phenoxy) is 1. The molecule has 5 heteroatoms. The zero-order valence-electron chi connectivity index (χ0n) is 11.5. The highest BCUT2D eigenvalue weighted by molar-refractivity contribution is 5.80. The van der Waals surface area contributed by atoms with E-state index in [9.17, 15) is 4.39 Å². The van der Waals surface area contributed by atoms with Gasteiger partial charge < -0.3 is 10.5 Å². The summed E-state index contributed by atoms with van der Waals surface area (Å²) in [6, 6.07) is 11.1. The Balaban J connectivity index is 1.96. The lowest BCUT2D eigenvalue weighted by Gasteiger charge is -2.14. The molecule has 106 valence electrons. The smallest absolute Gasteiger partial charge is 0.201 e. The third kappa shape index (κ3) is 1.70. The molecule has 2 aromatic carbocycles. The molecule has 21 heavy (non-hydrogen) atoms. The number of hydrogen-bond acceptors (Lipinski definition) is 3. The first kappa shape index (κ1) is 12.2. The van der Waals surface area contributed by atoms with Crippen LogP contribution in [0.15, 0.2) is 36.4 Å². The average Bonchev–Trinajstić information content (AvgIpc) is 3.00. The Morgan fingerprint density at radius 3 is 3.00 bits per heavy atom. The monoisotopic (exact) mass is 283 g/mol. The molecule has 4 nitrogen and oxygen atoms in total. The van der Waals surface area contributed by atoms with Gasteiger partial charge in [-0.1, -0.05) is 18.2 Å². The molecule has 0 spiro atoms. The van der Waals surface area contributed by atoms with E-state index < -0.39 is 0 Å². The maximum Gasteiger partial charge on any atom is 0.201 e. The summed E-state index contributed by atoms with van der Waals surface area (Å²) in [5.74, 6) is 0.970. The Morgan fingerprint density at radius 1 is 1.33 bits per heavy atom. The van der Waals surface area contributed by atoms with Gasteiger partial charge in [0.25, 0.3) is 0 Å². The van der Waals surface area contributed by atoms with Gasteiger partial charge in [-0.25, -0.2) is 9.37 Å². The molecule has 3 aromatic rings. The van der Waals surface area contributed by atoms with Gasteiger partial charge in [0.1, 0.15) is 18.2 Å². The SMILES string of the molecule is Cc1cc2c(cc1F)nc(N)n2C1COc2ccccc21. The van der Waals surface area contributed by atoms with E-state index in [2.05, 4.69) is 4.98 Å². The minimum absolute atomic E-state index is 0.0314. The molecule has 0 amide bonds. The van der Waals surface area contributed by atoms with Gasteiger partial charge in [-0.05, 0) is 24.6 Å². The summed E-state index contributed by atoms with van der Waals surface area (Å²) in [5.41, 5.74) is 9.12. The summed E-state index contributed by atoms with van der Waals surface area (Å²) < 4.78 is 21.3. The number of aryl methyl sites for hydroxylation is 1. The number of para-hydroxylation sites is 1. The Bertz CT molecular complexity index is 856. The number of benzene rings is 2. The number of imidazole rings is 1. The predicted octanol–water partition coefficient (Wildman–Crippen LogP) is 3.05. The van der Waals surface area contributed by atoms with Crippen LogP contribution in [0.5, 0.6) is 5.75 Å². The number of halogens is 1. The Kier molecular flexibility index (Phi) is 2.45. The highest BCUT2D eigenvalue weighted by atomic mass is 19.1. The molecule has 0 bridgehead atoms. The summed E-state index contributed by atoms with van der Waals surface area (Å²) in [4.78, 5) is 4.28. The molecule has 0 saturated carbocycles. The number of rotatable bonds is 1. The van der Waals surface area contributed by atoms with Crippen molar-refractivity contribution in [1.29, 1.82) is 0 Å². The molecule has 1 aromatic heterocycles. The van der Waals surface area contributed by atoms with Gasteiger partial charge in [0.15, 0.2) is 0 Å². The van der Waals surface area contributed by atoms with E-state index in [-0.39, 0.29) is 11.9 Å². The van der Waals surface area contributed by atoms with Crippen LogP contribution in [0.3, 0.4) is 0 Å². The number of fused-ring (bicyclic) bond motifs is 2. The van der Waals surface area contributed by atoms with E-state index in [1.165, 1.54) is 6.07 Å². The lowest BCUT2D eigenvalue weighted by Crippen LogP contribution is -2.14. The number of hydrogen-bond donors (Lipinski definition) is 1. The number of anilines is 1. The summed E-state index contributed by atoms with van der Waals surface area (Å²) in [5, 5.41) is 0. The molecule has 2 N–H and O–H groups in total. The maximum atomic E-state index is 13.7. The van der Waals surface area contributed by atoms with Crippen LogP contribution in [0.2, 0.25) is 0 Å². The fourth-order valence-corrected chi connectivity index (χ4v) is 2.93. The van der Waals surface area contributed by atoms with Gasteiger partial charge >= 0.3 is 0 Å². The standard InChI is InChI=1S/C16H14FN3O/c1-9-6-13-12(7-11(9)17)19-16(18)20(13)14-8-21-15-5-3-2-4-10(14)15/h2-7,14H,8H2,1H3,(H2,18,19). The molecular weight excluding hydrogens is 269 g/mol. The van der Waals surface area contributed by atoms with Crippen molar-refractivity contribution in [2.45, 2.75) is 13.0 Å². The summed E-state index contributed by atoms with van der Waals surface area (Å²) >= 11 is 0. The molecule has 0 fully saturated rings. The molecular formula is C16H14FN3O. The van der Waals surface area contributed by atoms with E-state index in [0.717, 1.165) is 16.8 Å². The second kappa shape index (κ2) is 4.22. The van der Waals surface area contributed by atoms with E-state index in [4.69, 9.17) is 10.5 Å². The number of nitrogens with zero attached hydrogens (tertiary/aromatic N) is 2. The predicted molar refractivity (Wildman–Crippen MR) is 78.9 cm³/mol. The molecule has 1 atom stereocenters. The van der Waals surface area contributed by atoms with Crippen LogP contribution in [0.25, 0.3) is 11.0 Å². The topological polar surface area (TPSA) is 53.1 Å². The summed E-state index contributed by atoms with van der Waals surface area (Å²) in [6.45, 7) is 2.24. The zero-order chi connectivity index (χ0) is 14.6. The minimum Gasteiger partial charge on any atom is -0.491 e. The first-order valence-electron chi connectivity index (χ1n) is 6.80. The highest BCUT2D eigenvalue weighted by Gasteiger charge is 2.28. The van der Waals surface area contributed by atoms with Crippen LogP contribution < -0.4 is 10.5 Å². The van der Waals surface area contributed by atoms with Crippen molar-refractivity contribution < 1.29 is 9.13 Å². The summed E-state index contributed by atoms with van der Waals surface area (Å²) in [6.07, 6.45) is 0. The highest BCUT2D eigenvalue weighted by Crippen LogP contribution is 2.38. The molecule has 2 heterocycles. The van der Waals surface area contributed by atoms with Crippen molar-refractivity contribution in [3.05, 3.63) is 53.3 Å². The molecule has 0 aliphatic carbocycles. The van der Waals surface area contributed by atoms with E-state index >= 15 is 0 Å². The third-order valence-electron chi connectivity index (χ3n) is 3.98. The van der Waals surface area contributed by atoms with Crippen LogP contribution in [-0.4, -0.2) is 16.2 Å². The van der Waals surface area contributed by atoms with Crippen molar-refractivity contribution in [3.63, 3.8) is 0 Å². The average molecular weight is 283 g/mol. The summed E-state index contributed by atoms with van der Waals surface area (Å²) in [7, 11) is 0. The van der Waals surface area contributed by atoms with Gasteiger partial charge in [-0.15, -0.1) is 0 Å². The van der Waals surface area contributed by atoms with Crippen molar-refractivity contribution >= 4 is 17.0 Å². The minimum atomic E-state index is -0.268. The number of nitrogens with two attached hydrogens (primary N) is 1. The Morgan fingerprint density at radius 2 is 2.14 bits per heavy atom. The van der Waals surface area contributed by atoms with Crippen molar-refractivity contribution in [1.82, 2.24) is 9.55 Å². The Hall–Kier alpha value is -2.56. The maximum absolute atomic E-state index is 13.7. The molecule has 0 saturated heterocycles. The zero-order valence-corrected chi connectivity index (χ0v) is 11.5. The fraction of sp³-hybridized carbons (Fsp3) is 0.188. The second-order valence-corrected chi connectivity index (χ2v) is 5.29. The van der Waals surface area contributed by atoms with Crippen LogP contribution in [0.1, 0.15) is 17.2 Å². The van der Waals surface area contributed by atoms with Gasteiger partial charge in [0.2, 0.25) is 5.95 Å². The molecule has 1 aliphatic rings. The van der Waals surface area contributed by atoms with Gasteiger partial charge in [0, 0.05) is 11.6 Å². The first-order valence-corrected chi connectivity index (χ1v) is 6.80. The normalized spacial score (nSPS) is 17.0. The van der Waals surface area contributed by atoms with Gasteiger partial charge in [0.05, 0.1) is 17.1 Å². The van der Waals surface area contributed by atoms with Crippen molar-refractivity contribution in [2.24, 2.45) is 0 Å². The third-order valence-corrected chi connectivity index (χ3v) is 3.98. The van der Waals surface area contributed by atoms with Crippen LogP contribution in [0.4, 0.5) is 10.3 Å². The lowest BCUT2D eigenvalue weighted by molar-refractivity contribution is 0.320. The van der Waals surface area contributed by atoms with Crippen LogP contribution in [0, 0.1) is 12.7 Å². The van der Waals surface area contributed by atoms with Gasteiger partial charge in [-0.2, -0.15) is 0 Å². The number of aromatic nitrogens is 2. The van der Waals surface area contributed by atoms with Crippen molar-refractivity contribution in [2.75, 3.05) is 12.3 Å². The first-order chi connectivity index (χ1) is 10.1. The number of nitrogen functional groups attached to an aromatic ring is 1. The van der Waals surface area contributed by atoms with E-state index in [1.807, 2.05) is 28.8 Å². The molecule has 0 radical (unpaired) electrons. The quantitative estimate of drug-likeness (QED) is 0.746. The molecule has 1 unspecified atom stereocenters. The molecule has 4 rings (SSSR count). The fourth-order valence-electron chi connectivity index (χ4n) is 2.93.